The smallest absolute Gasteiger partial charge is 0.123 e. The minimum absolute atomic E-state index is 0.381. The highest BCUT2D eigenvalue weighted by Crippen LogP contribution is 2.22. The van der Waals surface area contributed by atoms with Gasteiger partial charge < -0.3 is 11.5 Å². The minimum atomic E-state index is 0.381. The molecular formula is C23H28N4. The van der Waals surface area contributed by atoms with Crippen LogP contribution in [0.15, 0.2) is 48.5 Å². The van der Waals surface area contributed by atoms with Crippen LogP contribution in [0, 0.1) is 13.8 Å². The number of hydrogen-bond donors (Lipinski definition) is 2. The van der Waals surface area contributed by atoms with Gasteiger partial charge in [-0.3, -0.25) is 0 Å². The van der Waals surface area contributed by atoms with E-state index in [1.807, 2.05) is 12.1 Å². The van der Waals surface area contributed by atoms with Crippen molar-refractivity contribution in [3.63, 3.8) is 0 Å². The molecule has 0 amide bonds. The fourth-order valence-corrected chi connectivity index (χ4v) is 3.53. The normalized spacial score (nSPS) is 12.1. The standard InChI is InChI=1S/C23H28N4/c1-15-9-20(26-22(24)11-15)8-7-18-5-4-6-19(14-18)17(3)13-21-10-16(2)12-23(25)27-21/h4-6,9-12,14,17H,7-8,13H2,1-3H3,(H2,24,26)(H2,25,27). The molecular weight excluding hydrogens is 332 g/mol. The first-order valence-electron chi connectivity index (χ1n) is 9.44. The summed E-state index contributed by atoms with van der Waals surface area (Å²) in [6, 6.07) is 16.8. The van der Waals surface area contributed by atoms with Crippen LogP contribution in [0.3, 0.4) is 0 Å². The summed E-state index contributed by atoms with van der Waals surface area (Å²) in [6.07, 6.45) is 2.72. The van der Waals surface area contributed by atoms with Gasteiger partial charge in [0.2, 0.25) is 0 Å². The fourth-order valence-electron chi connectivity index (χ4n) is 3.53. The maximum atomic E-state index is 5.89. The van der Waals surface area contributed by atoms with Gasteiger partial charge in [0.15, 0.2) is 0 Å². The average molecular weight is 361 g/mol. The van der Waals surface area contributed by atoms with E-state index >= 15 is 0 Å². The second-order valence-electron chi connectivity index (χ2n) is 7.47. The van der Waals surface area contributed by atoms with E-state index in [0.29, 0.717) is 17.6 Å². The van der Waals surface area contributed by atoms with Crippen molar-refractivity contribution in [1.29, 1.82) is 0 Å². The van der Waals surface area contributed by atoms with Gasteiger partial charge in [-0.25, -0.2) is 9.97 Å². The van der Waals surface area contributed by atoms with Crippen LogP contribution < -0.4 is 11.5 Å². The van der Waals surface area contributed by atoms with Gasteiger partial charge in [-0.15, -0.1) is 0 Å². The number of nitrogens with two attached hydrogens (primary N) is 2. The summed E-state index contributed by atoms with van der Waals surface area (Å²) < 4.78 is 0. The van der Waals surface area contributed by atoms with Gasteiger partial charge in [0.25, 0.3) is 0 Å². The van der Waals surface area contributed by atoms with Crippen LogP contribution in [0.2, 0.25) is 0 Å². The second-order valence-corrected chi connectivity index (χ2v) is 7.47. The molecule has 2 aromatic heterocycles. The van der Waals surface area contributed by atoms with E-state index in [2.05, 4.69) is 67.1 Å². The Balaban J connectivity index is 1.68. The molecule has 1 aromatic carbocycles. The van der Waals surface area contributed by atoms with E-state index in [-0.39, 0.29) is 0 Å². The zero-order chi connectivity index (χ0) is 19.4. The van der Waals surface area contributed by atoms with Crippen LogP contribution in [0.25, 0.3) is 0 Å². The Morgan fingerprint density at radius 2 is 1.44 bits per heavy atom. The first-order valence-corrected chi connectivity index (χ1v) is 9.44. The lowest BCUT2D eigenvalue weighted by Gasteiger charge is -2.14. The van der Waals surface area contributed by atoms with Gasteiger partial charge in [0.1, 0.15) is 11.6 Å². The Kier molecular flexibility index (Phi) is 5.75. The Hall–Kier alpha value is -2.88. The first-order chi connectivity index (χ1) is 12.9. The van der Waals surface area contributed by atoms with Crippen LogP contribution in [0.5, 0.6) is 0 Å². The summed E-state index contributed by atoms with van der Waals surface area (Å²) >= 11 is 0. The van der Waals surface area contributed by atoms with Gasteiger partial charge in [0, 0.05) is 11.4 Å². The number of nitrogen functional groups attached to an aromatic ring is 2. The molecule has 0 radical (unpaired) electrons. The molecule has 1 atom stereocenters. The summed E-state index contributed by atoms with van der Waals surface area (Å²) in [5.41, 5.74) is 18.8. The monoisotopic (exact) mass is 360 g/mol. The van der Waals surface area contributed by atoms with Gasteiger partial charge in [-0.1, -0.05) is 31.2 Å². The predicted molar refractivity (Wildman–Crippen MR) is 113 cm³/mol. The minimum Gasteiger partial charge on any atom is -0.384 e. The number of benzene rings is 1. The summed E-state index contributed by atoms with van der Waals surface area (Å²) in [5, 5.41) is 0. The lowest BCUT2D eigenvalue weighted by atomic mass is 9.93. The second kappa shape index (κ2) is 8.21. The van der Waals surface area contributed by atoms with Crippen molar-refractivity contribution in [3.05, 3.63) is 82.2 Å². The summed E-state index contributed by atoms with van der Waals surface area (Å²) in [5.74, 6) is 1.57. The van der Waals surface area contributed by atoms with E-state index in [1.54, 1.807) is 0 Å². The van der Waals surface area contributed by atoms with Crippen molar-refractivity contribution in [2.45, 2.75) is 46.0 Å². The number of pyridine rings is 2. The molecule has 27 heavy (non-hydrogen) atoms. The van der Waals surface area contributed by atoms with Crippen molar-refractivity contribution in [2.75, 3.05) is 11.5 Å². The highest BCUT2D eigenvalue weighted by molar-refractivity contribution is 5.36. The third-order valence-corrected chi connectivity index (χ3v) is 4.79. The van der Waals surface area contributed by atoms with Crippen LogP contribution in [-0.4, -0.2) is 9.97 Å². The predicted octanol–water partition coefficient (Wildman–Crippen LogP) is 4.39. The molecule has 3 aromatic rings. The molecule has 2 heterocycles. The van der Waals surface area contributed by atoms with Crippen molar-refractivity contribution >= 4 is 11.6 Å². The van der Waals surface area contributed by atoms with Gasteiger partial charge in [-0.05, 0) is 85.5 Å². The number of aromatic nitrogens is 2. The van der Waals surface area contributed by atoms with Crippen molar-refractivity contribution in [3.8, 4) is 0 Å². The van der Waals surface area contributed by atoms with Crippen LogP contribution >= 0.6 is 0 Å². The Bertz CT molecular complexity index is 893. The lowest BCUT2D eigenvalue weighted by Crippen LogP contribution is -2.04. The molecule has 0 fully saturated rings. The molecule has 0 spiro atoms. The highest BCUT2D eigenvalue weighted by atomic mass is 14.8. The van der Waals surface area contributed by atoms with E-state index in [9.17, 15) is 0 Å². The van der Waals surface area contributed by atoms with Gasteiger partial charge in [-0.2, -0.15) is 0 Å². The molecule has 4 heteroatoms. The van der Waals surface area contributed by atoms with E-state index < -0.39 is 0 Å². The first kappa shape index (κ1) is 18.9. The number of hydrogen-bond acceptors (Lipinski definition) is 4. The van der Waals surface area contributed by atoms with E-state index in [0.717, 1.165) is 41.8 Å². The van der Waals surface area contributed by atoms with Crippen molar-refractivity contribution in [2.24, 2.45) is 0 Å². The highest BCUT2D eigenvalue weighted by Gasteiger charge is 2.10. The molecule has 4 N–H and O–H groups in total. The molecule has 1 unspecified atom stereocenters. The fraction of sp³-hybridized carbons (Fsp3) is 0.304. The van der Waals surface area contributed by atoms with Gasteiger partial charge in [0.05, 0.1) is 0 Å². The Morgan fingerprint density at radius 3 is 2.11 bits per heavy atom. The quantitative estimate of drug-likeness (QED) is 0.683. The van der Waals surface area contributed by atoms with Gasteiger partial charge >= 0.3 is 0 Å². The molecule has 4 nitrogen and oxygen atoms in total. The Morgan fingerprint density at radius 1 is 0.815 bits per heavy atom. The molecule has 0 saturated heterocycles. The topological polar surface area (TPSA) is 77.8 Å². The maximum absolute atomic E-state index is 5.89. The zero-order valence-corrected chi connectivity index (χ0v) is 16.4. The molecule has 0 aliphatic heterocycles. The molecule has 0 aliphatic carbocycles. The maximum Gasteiger partial charge on any atom is 0.123 e. The Labute approximate surface area is 161 Å². The van der Waals surface area contributed by atoms with E-state index in [1.165, 1.54) is 11.1 Å². The summed E-state index contributed by atoms with van der Waals surface area (Å²) in [7, 11) is 0. The SMILES string of the molecule is Cc1cc(N)nc(CCc2cccc(C(C)Cc3cc(C)cc(N)n3)c2)c1. The molecule has 3 rings (SSSR count). The molecule has 0 aliphatic rings. The average Bonchev–Trinajstić information content (AvgIpc) is 2.58. The third-order valence-electron chi connectivity index (χ3n) is 4.79. The van der Waals surface area contributed by atoms with Crippen LogP contribution in [0.1, 0.15) is 46.5 Å². The zero-order valence-electron chi connectivity index (χ0n) is 16.4. The number of rotatable bonds is 6. The van der Waals surface area contributed by atoms with Crippen LogP contribution in [-0.2, 0) is 19.3 Å². The van der Waals surface area contributed by atoms with Crippen LogP contribution in [0.4, 0.5) is 11.6 Å². The summed E-state index contributed by atoms with van der Waals surface area (Å²) in [4.78, 5) is 8.91. The number of aryl methyl sites for hydroxylation is 4. The largest absolute Gasteiger partial charge is 0.384 e. The molecule has 0 bridgehead atoms. The number of nitrogens with zero attached hydrogens (tertiary/aromatic N) is 2. The van der Waals surface area contributed by atoms with E-state index in [4.69, 9.17) is 11.5 Å². The van der Waals surface area contributed by atoms with Crippen molar-refractivity contribution in [1.82, 2.24) is 9.97 Å². The third kappa shape index (κ3) is 5.30. The molecule has 0 saturated carbocycles. The number of anilines is 2. The molecule has 140 valence electrons. The summed E-state index contributed by atoms with van der Waals surface area (Å²) in [6.45, 7) is 6.34. The lowest BCUT2D eigenvalue weighted by molar-refractivity contribution is 0.738. The van der Waals surface area contributed by atoms with Crippen molar-refractivity contribution < 1.29 is 0 Å².